The van der Waals surface area contributed by atoms with Crippen LogP contribution in [0.1, 0.15) is 5.56 Å². The number of aromatic amines is 1. The number of hydrogen-bond donors (Lipinski definition) is 2. The quantitative estimate of drug-likeness (QED) is 0.748. The minimum absolute atomic E-state index is 0.238. The van der Waals surface area contributed by atoms with E-state index in [-0.39, 0.29) is 5.56 Å². The molecule has 2 N–H and O–H groups in total. The molecule has 0 spiro atoms. The first-order valence-electron chi connectivity index (χ1n) is 7.34. The zero-order chi connectivity index (χ0) is 17.1. The zero-order valence-corrected chi connectivity index (χ0v) is 14.0. The number of H-pyrrole nitrogens is 1. The SMILES string of the molecule is COc1ccc(-c2cc(=O)[nH]c(Nc3cc(Cl)ccc3C)n2)cc1. The number of nitrogens with one attached hydrogen (secondary N) is 2. The Balaban J connectivity index is 1.96. The van der Waals surface area contributed by atoms with Crippen molar-refractivity contribution < 1.29 is 4.74 Å². The normalized spacial score (nSPS) is 10.5. The first-order valence-corrected chi connectivity index (χ1v) is 7.72. The van der Waals surface area contributed by atoms with Gasteiger partial charge in [-0.15, -0.1) is 0 Å². The van der Waals surface area contributed by atoms with E-state index in [9.17, 15) is 4.79 Å². The number of rotatable bonds is 4. The van der Waals surface area contributed by atoms with Gasteiger partial charge in [0.25, 0.3) is 5.56 Å². The Morgan fingerprint density at radius 2 is 1.88 bits per heavy atom. The van der Waals surface area contributed by atoms with Crippen LogP contribution in [0.2, 0.25) is 5.02 Å². The molecule has 1 aromatic heterocycles. The van der Waals surface area contributed by atoms with Crippen LogP contribution in [0, 0.1) is 6.92 Å². The Morgan fingerprint density at radius 3 is 2.58 bits per heavy atom. The number of anilines is 2. The summed E-state index contributed by atoms with van der Waals surface area (Å²) in [5.74, 6) is 1.11. The van der Waals surface area contributed by atoms with E-state index < -0.39 is 0 Å². The molecule has 1 heterocycles. The molecule has 0 radical (unpaired) electrons. The average Bonchev–Trinajstić information content (AvgIpc) is 2.58. The van der Waals surface area contributed by atoms with Crippen molar-refractivity contribution in [2.45, 2.75) is 6.92 Å². The van der Waals surface area contributed by atoms with Crippen LogP contribution >= 0.6 is 11.6 Å². The summed E-state index contributed by atoms with van der Waals surface area (Å²) in [6, 6.07) is 14.3. The highest BCUT2D eigenvalue weighted by Gasteiger charge is 2.07. The fourth-order valence-electron chi connectivity index (χ4n) is 2.28. The molecule has 122 valence electrons. The van der Waals surface area contributed by atoms with Gasteiger partial charge in [0.2, 0.25) is 5.95 Å². The summed E-state index contributed by atoms with van der Waals surface area (Å²) in [5.41, 5.74) is 2.95. The van der Waals surface area contributed by atoms with Crippen LogP contribution in [0.4, 0.5) is 11.6 Å². The van der Waals surface area contributed by atoms with E-state index in [0.717, 1.165) is 22.6 Å². The van der Waals surface area contributed by atoms with Crippen LogP contribution in [0.25, 0.3) is 11.3 Å². The third-order valence-corrected chi connectivity index (χ3v) is 3.82. The van der Waals surface area contributed by atoms with E-state index in [1.165, 1.54) is 6.07 Å². The second kappa shape index (κ2) is 6.76. The molecule has 6 heteroatoms. The number of nitrogens with zero attached hydrogens (tertiary/aromatic N) is 1. The Morgan fingerprint density at radius 1 is 1.12 bits per heavy atom. The van der Waals surface area contributed by atoms with Crippen molar-refractivity contribution in [1.29, 1.82) is 0 Å². The summed E-state index contributed by atoms with van der Waals surface area (Å²) in [6.07, 6.45) is 0. The number of hydrogen-bond acceptors (Lipinski definition) is 4. The topological polar surface area (TPSA) is 67.0 Å². The van der Waals surface area contributed by atoms with E-state index in [4.69, 9.17) is 16.3 Å². The standard InChI is InChI=1S/C18H16ClN3O2/c1-11-3-6-13(19)9-15(11)20-18-21-16(10-17(23)22-18)12-4-7-14(24-2)8-5-12/h3-10H,1-2H3,(H2,20,21,22,23). The molecule has 3 rings (SSSR count). The Hall–Kier alpha value is -2.79. The summed E-state index contributed by atoms with van der Waals surface area (Å²) >= 11 is 6.03. The lowest BCUT2D eigenvalue weighted by atomic mass is 10.1. The lowest BCUT2D eigenvalue weighted by Crippen LogP contribution is -2.11. The van der Waals surface area contributed by atoms with Crippen molar-refractivity contribution >= 4 is 23.2 Å². The largest absolute Gasteiger partial charge is 0.497 e. The molecule has 24 heavy (non-hydrogen) atoms. The van der Waals surface area contributed by atoms with Crippen molar-refractivity contribution in [3.8, 4) is 17.0 Å². The second-order valence-corrected chi connectivity index (χ2v) is 5.73. The molecule has 0 fully saturated rings. The smallest absolute Gasteiger partial charge is 0.252 e. The first kappa shape index (κ1) is 16.1. The molecule has 0 saturated heterocycles. The van der Waals surface area contributed by atoms with Gasteiger partial charge >= 0.3 is 0 Å². The molecule has 0 aliphatic rings. The van der Waals surface area contributed by atoms with E-state index in [1.54, 1.807) is 13.2 Å². The molecule has 0 bridgehead atoms. The molecule has 0 saturated carbocycles. The maximum Gasteiger partial charge on any atom is 0.252 e. The van der Waals surface area contributed by atoms with Gasteiger partial charge in [0.1, 0.15) is 5.75 Å². The number of halogens is 1. The minimum atomic E-state index is -0.238. The first-order chi connectivity index (χ1) is 11.5. The molecular weight excluding hydrogens is 326 g/mol. The maximum atomic E-state index is 12.0. The lowest BCUT2D eigenvalue weighted by molar-refractivity contribution is 0.415. The van der Waals surface area contributed by atoms with Gasteiger partial charge in [-0.3, -0.25) is 9.78 Å². The fourth-order valence-corrected chi connectivity index (χ4v) is 2.46. The maximum absolute atomic E-state index is 12.0. The number of ether oxygens (including phenoxy) is 1. The number of aromatic nitrogens is 2. The van der Waals surface area contributed by atoms with Crippen molar-refractivity contribution in [2.75, 3.05) is 12.4 Å². The monoisotopic (exact) mass is 341 g/mol. The molecule has 0 aliphatic heterocycles. The van der Waals surface area contributed by atoms with Gasteiger partial charge in [-0.2, -0.15) is 0 Å². The molecule has 0 unspecified atom stereocenters. The highest BCUT2D eigenvalue weighted by Crippen LogP contribution is 2.24. The molecule has 0 aliphatic carbocycles. The Labute approximate surface area is 144 Å². The summed E-state index contributed by atoms with van der Waals surface area (Å²) in [7, 11) is 1.61. The number of aryl methyl sites for hydroxylation is 1. The van der Waals surface area contributed by atoms with Gasteiger partial charge in [0.15, 0.2) is 0 Å². The van der Waals surface area contributed by atoms with Gasteiger partial charge < -0.3 is 10.1 Å². The van der Waals surface area contributed by atoms with Crippen molar-refractivity contribution in [3.63, 3.8) is 0 Å². The third-order valence-electron chi connectivity index (χ3n) is 3.58. The second-order valence-electron chi connectivity index (χ2n) is 5.29. The van der Waals surface area contributed by atoms with E-state index >= 15 is 0 Å². The highest BCUT2D eigenvalue weighted by molar-refractivity contribution is 6.30. The van der Waals surface area contributed by atoms with Crippen LogP contribution < -0.4 is 15.6 Å². The Bertz CT molecular complexity index is 920. The van der Waals surface area contributed by atoms with Gasteiger partial charge in [-0.05, 0) is 48.9 Å². The van der Waals surface area contributed by atoms with Crippen molar-refractivity contribution in [1.82, 2.24) is 9.97 Å². The molecule has 5 nitrogen and oxygen atoms in total. The van der Waals surface area contributed by atoms with Gasteiger partial charge in [-0.25, -0.2) is 4.98 Å². The third kappa shape index (κ3) is 3.58. The number of methoxy groups -OCH3 is 1. The lowest BCUT2D eigenvalue weighted by Gasteiger charge is -2.10. The average molecular weight is 342 g/mol. The molecule has 0 amide bonds. The van der Waals surface area contributed by atoms with Gasteiger partial charge in [-0.1, -0.05) is 17.7 Å². The summed E-state index contributed by atoms with van der Waals surface area (Å²) in [5, 5.41) is 3.72. The van der Waals surface area contributed by atoms with Crippen LogP contribution in [-0.2, 0) is 0 Å². The summed E-state index contributed by atoms with van der Waals surface area (Å²) < 4.78 is 5.14. The van der Waals surface area contributed by atoms with Crippen LogP contribution in [0.15, 0.2) is 53.3 Å². The van der Waals surface area contributed by atoms with Gasteiger partial charge in [0, 0.05) is 22.3 Å². The predicted molar refractivity (Wildman–Crippen MR) is 96.3 cm³/mol. The van der Waals surface area contributed by atoms with Crippen LogP contribution in [0.3, 0.4) is 0 Å². The fraction of sp³-hybridized carbons (Fsp3) is 0.111. The molecule has 3 aromatic rings. The highest BCUT2D eigenvalue weighted by atomic mass is 35.5. The minimum Gasteiger partial charge on any atom is -0.497 e. The predicted octanol–water partition coefficient (Wildman–Crippen LogP) is 4.15. The van der Waals surface area contributed by atoms with Gasteiger partial charge in [0.05, 0.1) is 12.8 Å². The van der Waals surface area contributed by atoms with Crippen molar-refractivity contribution in [3.05, 3.63) is 69.5 Å². The van der Waals surface area contributed by atoms with E-state index in [1.807, 2.05) is 43.3 Å². The van der Waals surface area contributed by atoms with E-state index in [2.05, 4.69) is 15.3 Å². The zero-order valence-electron chi connectivity index (χ0n) is 13.3. The number of benzene rings is 2. The van der Waals surface area contributed by atoms with Crippen LogP contribution in [-0.4, -0.2) is 17.1 Å². The molecule has 2 aromatic carbocycles. The molecular formula is C18H16ClN3O2. The summed E-state index contributed by atoms with van der Waals surface area (Å²) in [4.78, 5) is 19.1. The van der Waals surface area contributed by atoms with E-state index in [0.29, 0.717) is 16.7 Å². The van der Waals surface area contributed by atoms with Crippen molar-refractivity contribution in [2.24, 2.45) is 0 Å². The molecule has 0 atom stereocenters. The summed E-state index contributed by atoms with van der Waals surface area (Å²) in [6.45, 7) is 1.95. The Kier molecular flexibility index (Phi) is 4.53. The van der Waals surface area contributed by atoms with Crippen LogP contribution in [0.5, 0.6) is 5.75 Å².